The molecule has 0 fully saturated rings. The highest BCUT2D eigenvalue weighted by atomic mass is 16.6. The monoisotopic (exact) mass is 287 g/mol. The molecule has 108 valence electrons. The fraction of sp³-hybridized carbons (Fsp3) is 0.143. The summed E-state index contributed by atoms with van der Waals surface area (Å²) in [6.07, 6.45) is 1.03. The minimum absolute atomic E-state index is 0.108. The summed E-state index contributed by atoms with van der Waals surface area (Å²) in [5.74, 6) is -1.16. The third-order valence-corrected chi connectivity index (χ3v) is 3.02. The summed E-state index contributed by atoms with van der Waals surface area (Å²) in [7, 11) is 0. The molecule has 7 heteroatoms. The first-order chi connectivity index (χ1) is 9.99. The van der Waals surface area contributed by atoms with E-state index < -0.39 is 10.9 Å². The number of hydrogen-bond acceptors (Lipinski definition) is 5. The fourth-order valence-electron chi connectivity index (χ4n) is 1.84. The van der Waals surface area contributed by atoms with Crippen LogP contribution in [0.4, 0.5) is 11.5 Å². The molecule has 0 atom stereocenters. The Bertz CT molecular complexity index is 700. The summed E-state index contributed by atoms with van der Waals surface area (Å²) in [6.45, 7) is 2.33. The molecule has 2 aromatic rings. The second-order valence-corrected chi connectivity index (χ2v) is 4.43. The number of aromatic carboxylic acids is 1. The zero-order chi connectivity index (χ0) is 15.4. The van der Waals surface area contributed by atoms with Gasteiger partial charge >= 0.3 is 5.97 Å². The van der Waals surface area contributed by atoms with Crippen molar-refractivity contribution in [2.75, 3.05) is 5.32 Å². The normalized spacial score (nSPS) is 10.1. The number of nitrogens with zero attached hydrogens (tertiary/aromatic N) is 2. The molecule has 0 aliphatic carbocycles. The van der Waals surface area contributed by atoms with Crippen LogP contribution in [0.15, 0.2) is 36.5 Å². The molecule has 0 bridgehead atoms. The SMILES string of the molecule is Cc1ccccc1CNc1ncc([N+](=O)[O-])cc1C(=O)O. The Morgan fingerprint density at radius 2 is 2.14 bits per heavy atom. The van der Waals surface area contributed by atoms with Crippen LogP contribution in [0.2, 0.25) is 0 Å². The van der Waals surface area contributed by atoms with Crippen molar-refractivity contribution in [2.45, 2.75) is 13.5 Å². The Hall–Kier alpha value is -2.96. The molecule has 1 heterocycles. The Morgan fingerprint density at radius 1 is 1.43 bits per heavy atom. The summed E-state index contributed by atoms with van der Waals surface area (Å²) in [4.78, 5) is 25.0. The number of nitrogens with one attached hydrogen (secondary N) is 1. The van der Waals surface area contributed by atoms with E-state index in [1.54, 1.807) is 0 Å². The van der Waals surface area contributed by atoms with Crippen molar-refractivity contribution in [3.05, 3.63) is 63.3 Å². The predicted octanol–water partition coefficient (Wildman–Crippen LogP) is 2.61. The van der Waals surface area contributed by atoms with Crippen molar-refractivity contribution in [2.24, 2.45) is 0 Å². The van der Waals surface area contributed by atoms with Gasteiger partial charge in [0.15, 0.2) is 0 Å². The summed E-state index contributed by atoms with van der Waals surface area (Å²) in [5.41, 5.74) is 1.48. The first-order valence-corrected chi connectivity index (χ1v) is 6.15. The van der Waals surface area contributed by atoms with Crippen LogP contribution < -0.4 is 5.32 Å². The van der Waals surface area contributed by atoms with Gasteiger partial charge in [0.25, 0.3) is 5.69 Å². The molecule has 0 amide bonds. The van der Waals surface area contributed by atoms with Gasteiger partial charge in [0.2, 0.25) is 0 Å². The van der Waals surface area contributed by atoms with Gasteiger partial charge in [0.1, 0.15) is 17.6 Å². The Labute approximate surface area is 120 Å². The number of benzene rings is 1. The van der Waals surface area contributed by atoms with Gasteiger partial charge in [-0.15, -0.1) is 0 Å². The molecule has 2 rings (SSSR count). The van der Waals surface area contributed by atoms with Gasteiger partial charge in [-0.1, -0.05) is 24.3 Å². The van der Waals surface area contributed by atoms with Crippen LogP contribution in [0, 0.1) is 17.0 Å². The average Bonchev–Trinajstić information content (AvgIpc) is 2.46. The highest BCUT2D eigenvalue weighted by Gasteiger charge is 2.17. The number of anilines is 1. The van der Waals surface area contributed by atoms with Gasteiger partial charge in [0.05, 0.1) is 4.92 Å². The third kappa shape index (κ3) is 3.33. The van der Waals surface area contributed by atoms with Gasteiger partial charge in [0, 0.05) is 12.6 Å². The predicted molar refractivity (Wildman–Crippen MR) is 76.4 cm³/mol. The minimum atomic E-state index is -1.27. The molecule has 2 N–H and O–H groups in total. The Kier molecular flexibility index (Phi) is 4.13. The van der Waals surface area contributed by atoms with Gasteiger partial charge in [-0.3, -0.25) is 10.1 Å². The van der Waals surface area contributed by atoms with E-state index in [9.17, 15) is 14.9 Å². The van der Waals surface area contributed by atoms with E-state index in [0.29, 0.717) is 6.54 Å². The Balaban J connectivity index is 2.26. The Morgan fingerprint density at radius 3 is 2.76 bits per heavy atom. The fourth-order valence-corrected chi connectivity index (χ4v) is 1.84. The van der Waals surface area contributed by atoms with Crippen LogP contribution in [0.5, 0.6) is 0 Å². The molecular formula is C14H13N3O4. The average molecular weight is 287 g/mol. The van der Waals surface area contributed by atoms with Crippen molar-refractivity contribution in [3.8, 4) is 0 Å². The molecule has 0 spiro atoms. The quantitative estimate of drug-likeness (QED) is 0.646. The van der Waals surface area contributed by atoms with E-state index >= 15 is 0 Å². The number of aryl methyl sites for hydroxylation is 1. The molecular weight excluding hydrogens is 274 g/mol. The number of nitro groups is 1. The lowest BCUT2D eigenvalue weighted by Gasteiger charge is -2.10. The first-order valence-electron chi connectivity index (χ1n) is 6.15. The summed E-state index contributed by atoms with van der Waals surface area (Å²) in [6, 6.07) is 8.64. The maximum atomic E-state index is 11.2. The maximum Gasteiger partial charge on any atom is 0.339 e. The van der Waals surface area contributed by atoms with Crippen LogP contribution >= 0.6 is 0 Å². The summed E-state index contributed by atoms with van der Waals surface area (Å²) >= 11 is 0. The van der Waals surface area contributed by atoms with E-state index in [0.717, 1.165) is 23.4 Å². The highest BCUT2D eigenvalue weighted by molar-refractivity contribution is 5.93. The van der Waals surface area contributed by atoms with Crippen molar-refractivity contribution >= 4 is 17.5 Å². The lowest BCUT2D eigenvalue weighted by Crippen LogP contribution is -2.09. The lowest BCUT2D eigenvalue weighted by atomic mass is 10.1. The van der Waals surface area contributed by atoms with Crippen molar-refractivity contribution in [1.82, 2.24) is 4.98 Å². The van der Waals surface area contributed by atoms with Crippen LogP contribution in [-0.4, -0.2) is 21.0 Å². The number of carbonyl (C=O) groups is 1. The first kappa shape index (κ1) is 14.4. The highest BCUT2D eigenvalue weighted by Crippen LogP contribution is 2.20. The van der Waals surface area contributed by atoms with E-state index in [-0.39, 0.29) is 17.1 Å². The summed E-state index contributed by atoms with van der Waals surface area (Å²) in [5, 5.41) is 22.7. The van der Waals surface area contributed by atoms with Crippen molar-refractivity contribution < 1.29 is 14.8 Å². The molecule has 0 aliphatic heterocycles. The molecule has 0 aliphatic rings. The van der Waals surface area contributed by atoms with Crippen molar-refractivity contribution in [3.63, 3.8) is 0 Å². The lowest BCUT2D eigenvalue weighted by molar-refractivity contribution is -0.385. The zero-order valence-corrected chi connectivity index (χ0v) is 11.2. The standard InChI is InChI=1S/C14H13N3O4/c1-9-4-2-3-5-10(9)7-15-13-12(14(18)19)6-11(8-16-13)17(20)21/h2-6,8H,7H2,1H3,(H,15,16)(H,18,19). The molecule has 0 unspecified atom stereocenters. The molecule has 0 saturated carbocycles. The number of carboxylic acids is 1. The van der Waals surface area contributed by atoms with Gasteiger partial charge in [-0.25, -0.2) is 9.78 Å². The molecule has 0 radical (unpaired) electrons. The van der Waals surface area contributed by atoms with E-state index in [2.05, 4.69) is 10.3 Å². The topological polar surface area (TPSA) is 105 Å². The minimum Gasteiger partial charge on any atom is -0.478 e. The van der Waals surface area contributed by atoms with Crippen LogP contribution in [0.3, 0.4) is 0 Å². The molecule has 0 saturated heterocycles. The number of pyridine rings is 1. The number of aromatic nitrogens is 1. The summed E-state index contributed by atoms with van der Waals surface area (Å²) < 4.78 is 0. The third-order valence-electron chi connectivity index (χ3n) is 3.02. The van der Waals surface area contributed by atoms with Crippen LogP contribution in [-0.2, 0) is 6.54 Å². The zero-order valence-electron chi connectivity index (χ0n) is 11.2. The van der Waals surface area contributed by atoms with E-state index in [1.165, 1.54) is 0 Å². The number of rotatable bonds is 5. The van der Waals surface area contributed by atoms with E-state index in [4.69, 9.17) is 5.11 Å². The number of hydrogen-bond donors (Lipinski definition) is 2. The van der Waals surface area contributed by atoms with Crippen LogP contribution in [0.1, 0.15) is 21.5 Å². The van der Waals surface area contributed by atoms with Crippen LogP contribution in [0.25, 0.3) is 0 Å². The van der Waals surface area contributed by atoms with Crippen molar-refractivity contribution in [1.29, 1.82) is 0 Å². The second-order valence-electron chi connectivity index (χ2n) is 4.43. The van der Waals surface area contributed by atoms with Gasteiger partial charge in [-0.2, -0.15) is 0 Å². The number of carboxylic acid groups (broad SMARTS) is 1. The molecule has 7 nitrogen and oxygen atoms in total. The maximum absolute atomic E-state index is 11.2. The largest absolute Gasteiger partial charge is 0.478 e. The molecule has 21 heavy (non-hydrogen) atoms. The smallest absolute Gasteiger partial charge is 0.339 e. The van der Waals surface area contributed by atoms with Gasteiger partial charge in [-0.05, 0) is 18.1 Å². The van der Waals surface area contributed by atoms with Gasteiger partial charge < -0.3 is 10.4 Å². The molecule has 1 aromatic heterocycles. The molecule has 1 aromatic carbocycles. The second kappa shape index (κ2) is 6.00. The van der Waals surface area contributed by atoms with E-state index in [1.807, 2.05) is 31.2 Å².